The lowest BCUT2D eigenvalue weighted by Gasteiger charge is -2.18. The van der Waals surface area contributed by atoms with Crippen molar-refractivity contribution in [3.05, 3.63) is 58.6 Å². The van der Waals surface area contributed by atoms with Gasteiger partial charge < -0.3 is 20.5 Å². The lowest BCUT2D eigenvalue weighted by molar-refractivity contribution is -0.119. The zero-order valence-electron chi connectivity index (χ0n) is 14.8. The quantitative estimate of drug-likeness (QED) is 0.707. The Labute approximate surface area is 158 Å². The third kappa shape index (κ3) is 4.29. The average molecular weight is 375 g/mol. The van der Waals surface area contributed by atoms with E-state index in [1.165, 1.54) is 25.5 Å². The second-order valence-corrected chi connectivity index (χ2v) is 7.02. The van der Waals surface area contributed by atoms with E-state index >= 15 is 0 Å². The fourth-order valence-electron chi connectivity index (χ4n) is 3.11. The van der Waals surface area contributed by atoms with Crippen LogP contribution in [0.25, 0.3) is 0 Å². The SMILES string of the molecule is COc1cc(CNCC2(c3ccccc3)CC2)cc(Cl)c1OCC(N)=O. The van der Waals surface area contributed by atoms with Gasteiger partial charge >= 0.3 is 0 Å². The fourth-order valence-corrected chi connectivity index (χ4v) is 3.40. The Balaban J connectivity index is 1.63. The maximum absolute atomic E-state index is 10.9. The Morgan fingerprint density at radius 1 is 1.27 bits per heavy atom. The van der Waals surface area contributed by atoms with Crippen LogP contribution >= 0.6 is 11.6 Å². The number of carbonyl (C=O) groups is 1. The Hall–Kier alpha value is -2.24. The molecule has 0 bridgehead atoms. The second-order valence-electron chi connectivity index (χ2n) is 6.61. The van der Waals surface area contributed by atoms with Crippen molar-refractivity contribution in [2.45, 2.75) is 24.8 Å². The predicted molar refractivity (Wildman–Crippen MR) is 102 cm³/mol. The molecule has 6 heteroatoms. The van der Waals surface area contributed by atoms with Crippen LogP contribution in [0.4, 0.5) is 0 Å². The van der Waals surface area contributed by atoms with E-state index < -0.39 is 5.91 Å². The molecule has 0 aromatic heterocycles. The number of primary amides is 1. The van der Waals surface area contributed by atoms with Gasteiger partial charge in [0.05, 0.1) is 12.1 Å². The largest absolute Gasteiger partial charge is 0.493 e. The summed E-state index contributed by atoms with van der Waals surface area (Å²) in [5.41, 5.74) is 7.74. The number of methoxy groups -OCH3 is 1. The number of ether oxygens (including phenoxy) is 2. The topological polar surface area (TPSA) is 73.6 Å². The van der Waals surface area contributed by atoms with Crippen LogP contribution < -0.4 is 20.5 Å². The summed E-state index contributed by atoms with van der Waals surface area (Å²) in [5, 5.41) is 3.92. The van der Waals surface area contributed by atoms with Gasteiger partial charge in [-0.25, -0.2) is 0 Å². The van der Waals surface area contributed by atoms with Crippen molar-refractivity contribution in [3.63, 3.8) is 0 Å². The van der Waals surface area contributed by atoms with E-state index in [-0.39, 0.29) is 12.0 Å². The third-order valence-electron chi connectivity index (χ3n) is 4.68. The maximum Gasteiger partial charge on any atom is 0.255 e. The molecular weight excluding hydrogens is 352 g/mol. The van der Waals surface area contributed by atoms with Gasteiger partial charge in [-0.3, -0.25) is 4.79 Å². The highest BCUT2D eigenvalue weighted by molar-refractivity contribution is 6.32. The van der Waals surface area contributed by atoms with Crippen LogP contribution in [0.2, 0.25) is 5.02 Å². The van der Waals surface area contributed by atoms with Crippen molar-refractivity contribution in [3.8, 4) is 11.5 Å². The van der Waals surface area contributed by atoms with Gasteiger partial charge in [0.2, 0.25) is 0 Å². The van der Waals surface area contributed by atoms with Gasteiger partial charge in [0.15, 0.2) is 18.1 Å². The first kappa shape index (κ1) is 18.5. The molecule has 0 aliphatic heterocycles. The van der Waals surface area contributed by atoms with Gasteiger partial charge in [-0.15, -0.1) is 0 Å². The molecule has 0 radical (unpaired) electrons. The van der Waals surface area contributed by atoms with Crippen molar-refractivity contribution in [2.75, 3.05) is 20.3 Å². The van der Waals surface area contributed by atoms with E-state index in [1.54, 1.807) is 0 Å². The molecule has 3 N–H and O–H groups in total. The number of benzene rings is 2. The first-order valence-corrected chi connectivity index (χ1v) is 8.96. The summed E-state index contributed by atoms with van der Waals surface area (Å²) in [6.07, 6.45) is 2.40. The smallest absolute Gasteiger partial charge is 0.255 e. The van der Waals surface area contributed by atoms with Crippen LogP contribution in [-0.2, 0) is 16.8 Å². The molecule has 0 heterocycles. The molecular formula is C20H23ClN2O3. The van der Waals surface area contributed by atoms with Gasteiger partial charge in [-0.2, -0.15) is 0 Å². The number of nitrogens with two attached hydrogens (primary N) is 1. The van der Waals surface area contributed by atoms with Crippen molar-refractivity contribution < 1.29 is 14.3 Å². The standard InChI is InChI=1S/C20H23ClN2O3/c1-25-17-10-14(9-16(21)19(17)26-12-18(22)24)11-23-13-20(7-8-20)15-5-3-2-4-6-15/h2-6,9-10,23H,7-8,11-13H2,1H3,(H2,22,24). The van der Waals surface area contributed by atoms with E-state index in [1.807, 2.05) is 18.2 Å². The molecule has 138 valence electrons. The van der Waals surface area contributed by atoms with Gasteiger partial charge in [-0.05, 0) is 36.1 Å². The fraction of sp³-hybridized carbons (Fsp3) is 0.350. The van der Waals surface area contributed by atoms with Crippen LogP contribution in [0.5, 0.6) is 11.5 Å². The summed E-state index contributed by atoms with van der Waals surface area (Å²) >= 11 is 6.29. The molecule has 5 nitrogen and oxygen atoms in total. The number of hydrogen-bond acceptors (Lipinski definition) is 4. The predicted octanol–water partition coefficient (Wildman–Crippen LogP) is 3.03. The molecule has 1 amide bonds. The average Bonchev–Trinajstić information content (AvgIpc) is 3.42. The number of hydrogen-bond donors (Lipinski definition) is 2. The molecule has 0 saturated heterocycles. The first-order chi connectivity index (χ1) is 12.5. The van der Waals surface area contributed by atoms with Crippen molar-refractivity contribution >= 4 is 17.5 Å². The maximum atomic E-state index is 10.9. The van der Waals surface area contributed by atoms with E-state index in [0.29, 0.717) is 23.1 Å². The van der Waals surface area contributed by atoms with E-state index in [4.69, 9.17) is 26.8 Å². The van der Waals surface area contributed by atoms with E-state index in [9.17, 15) is 4.79 Å². The highest BCUT2D eigenvalue weighted by atomic mass is 35.5. The summed E-state index contributed by atoms with van der Waals surface area (Å²) in [6, 6.07) is 14.3. The van der Waals surface area contributed by atoms with E-state index in [2.05, 4.69) is 29.6 Å². The minimum atomic E-state index is -0.565. The molecule has 0 atom stereocenters. The van der Waals surface area contributed by atoms with E-state index in [0.717, 1.165) is 12.1 Å². The Kier molecular flexibility index (Phi) is 5.69. The first-order valence-electron chi connectivity index (χ1n) is 8.58. The molecule has 26 heavy (non-hydrogen) atoms. The summed E-state index contributed by atoms with van der Waals surface area (Å²) in [6.45, 7) is 1.34. The van der Waals surface area contributed by atoms with Crippen LogP contribution in [0, 0.1) is 0 Å². The monoisotopic (exact) mass is 374 g/mol. The van der Waals surface area contributed by atoms with Crippen molar-refractivity contribution in [1.29, 1.82) is 0 Å². The Morgan fingerprint density at radius 3 is 2.62 bits per heavy atom. The number of amides is 1. The van der Waals surface area contributed by atoms with Gasteiger partial charge in [0.25, 0.3) is 5.91 Å². The lowest BCUT2D eigenvalue weighted by atomic mass is 9.96. The molecule has 1 saturated carbocycles. The molecule has 3 rings (SSSR count). The highest BCUT2D eigenvalue weighted by Crippen LogP contribution is 2.47. The molecule has 1 fully saturated rings. The third-order valence-corrected chi connectivity index (χ3v) is 4.96. The second kappa shape index (κ2) is 7.98. The summed E-state index contributed by atoms with van der Waals surface area (Å²) in [5.74, 6) is 0.254. The van der Waals surface area contributed by atoms with Crippen LogP contribution in [0.1, 0.15) is 24.0 Å². The lowest BCUT2D eigenvalue weighted by Crippen LogP contribution is -2.26. The van der Waals surface area contributed by atoms with Crippen LogP contribution in [0.15, 0.2) is 42.5 Å². The number of carbonyl (C=O) groups excluding carboxylic acids is 1. The minimum absolute atomic E-state index is 0.243. The minimum Gasteiger partial charge on any atom is -0.493 e. The number of nitrogens with one attached hydrogen (secondary N) is 1. The molecule has 1 aliphatic carbocycles. The zero-order chi connectivity index (χ0) is 18.6. The summed E-state index contributed by atoms with van der Waals surface area (Å²) < 4.78 is 10.7. The molecule has 0 spiro atoms. The van der Waals surface area contributed by atoms with Crippen LogP contribution in [0.3, 0.4) is 0 Å². The molecule has 0 unspecified atom stereocenters. The normalized spacial score (nSPS) is 14.7. The Morgan fingerprint density at radius 2 is 2.00 bits per heavy atom. The van der Waals surface area contributed by atoms with Crippen molar-refractivity contribution in [2.24, 2.45) is 5.73 Å². The molecule has 2 aromatic rings. The van der Waals surface area contributed by atoms with Gasteiger partial charge in [0, 0.05) is 18.5 Å². The zero-order valence-corrected chi connectivity index (χ0v) is 15.5. The van der Waals surface area contributed by atoms with Gasteiger partial charge in [-0.1, -0.05) is 41.9 Å². The number of rotatable bonds is 9. The summed E-state index contributed by atoms with van der Waals surface area (Å²) in [4.78, 5) is 10.9. The van der Waals surface area contributed by atoms with Crippen LogP contribution in [-0.4, -0.2) is 26.2 Å². The van der Waals surface area contributed by atoms with Crippen molar-refractivity contribution in [1.82, 2.24) is 5.32 Å². The summed E-state index contributed by atoms with van der Waals surface area (Å²) in [7, 11) is 1.54. The molecule has 2 aromatic carbocycles. The Bertz CT molecular complexity index is 776. The van der Waals surface area contributed by atoms with Gasteiger partial charge in [0.1, 0.15) is 0 Å². The number of halogens is 1. The molecule has 1 aliphatic rings. The highest BCUT2D eigenvalue weighted by Gasteiger charge is 2.43.